The Hall–Kier alpha value is -1.01. The van der Waals surface area contributed by atoms with Crippen LogP contribution in [0, 0.1) is 0 Å². The largest absolute Gasteiger partial charge is 0.478 e. The van der Waals surface area contributed by atoms with Crippen molar-refractivity contribution in [3.8, 4) is 0 Å². The average molecular weight is 154 g/mol. The molecule has 0 saturated carbocycles. The SMILES string of the molecule is CCCCCC=C=CC(=O)O. The third-order valence-electron chi connectivity index (χ3n) is 1.28. The number of hydrogen-bond acceptors (Lipinski definition) is 1. The molecule has 0 bridgehead atoms. The van der Waals surface area contributed by atoms with Gasteiger partial charge in [0.2, 0.25) is 0 Å². The molecule has 0 saturated heterocycles. The van der Waals surface area contributed by atoms with Crippen molar-refractivity contribution in [3.63, 3.8) is 0 Å². The van der Waals surface area contributed by atoms with Gasteiger partial charge >= 0.3 is 5.97 Å². The van der Waals surface area contributed by atoms with Crippen molar-refractivity contribution < 1.29 is 9.90 Å². The van der Waals surface area contributed by atoms with Gasteiger partial charge in [0, 0.05) is 0 Å². The maximum absolute atomic E-state index is 9.95. The van der Waals surface area contributed by atoms with Crippen molar-refractivity contribution in [3.05, 3.63) is 17.9 Å². The van der Waals surface area contributed by atoms with Crippen LogP contribution >= 0.6 is 0 Å². The van der Waals surface area contributed by atoms with Crippen LogP contribution in [0.3, 0.4) is 0 Å². The Kier molecular flexibility index (Phi) is 6.45. The Balaban J connectivity index is 3.36. The third-order valence-corrected chi connectivity index (χ3v) is 1.28. The Morgan fingerprint density at radius 1 is 1.55 bits per heavy atom. The lowest BCUT2D eigenvalue weighted by atomic mass is 10.2. The summed E-state index contributed by atoms with van der Waals surface area (Å²) in [6.07, 6.45) is 7.24. The molecule has 0 aromatic heterocycles. The van der Waals surface area contributed by atoms with Crippen molar-refractivity contribution in [1.82, 2.24) is 0 Å². The van der Waals surface area contributed by atoms with Gasteiger partial charge in [0.15, 0.2) is 0 Å². The summed E-state index contributed by atoms with van der Waals surface area (Å²) in [6, 6.07) is 0. The molecule has 11 heavy (non-hydrogen) atoms. The molecule has 0 aromatic carbocycles. The number of carbonyl (C=O) groups is 1. The highest BCUT2D eigenvalue weighted by atomic mass is 16.4. The first kappa shape index (κ1) is 9.99. The minimum absolute atomic E-state index is 0.928. The number of unbranched alkanes of at least 4 members (excludes halogenated alkanes) is 3. The molecule has 62 valence electrons. The molecule has 2 heteroatoms. The van der Waals surface area contributed by atoms with Gasteiger partial charge in [-0.1, -0.05) is 19.8 Å². The molecular weight excluding hydrogens is 140 g/mol. The predicted molar refractivity (Wildman–Crippen MR) is 44.4 cm³/mol. The number of hydrogen-bond donors (Lipinski definition) is 1. The Labute approximate surface area is 67.2 Å². The maximum Gasteiger partial charge on any atom is 0.336 e. The van der Waals surface area contributed by atoms with Crippen LogP contribution in [-0.2, 0) is 4.79 Å². The third kappa shape index (κ3) is 8.99. The second-order valence-electron chi connectivity index (χ2n) is 2.35. The molecule has 1 N–H and O–H groups in total. The Morgan fingerprint density at radius 3 is 2.82 bits per heavy atom. The summed E-state index contributed by atoms with van der Waals surface area (Å²) in [4.78, 5) is 9.95. The summed E-state index contributed by atoms with van der Waals surface area (Å²) in [5.74, 6) is -0.934. The van der Waals surface area contributed by atoms with E-state index in [1.165, 1.54) is 12.8 Å². The number of rotatable bonds is 5. The molecular formula is C9H14O2. The molecule has 0 heterocycles. The number of carboxylic acids is 1. The molecule has 2 nitrogen and oxygen atoms in total. The van der Waals surface area contributed by atoms with Crippen molar-refractivity contribution in [2.24, 2.45) is 0 Å². The smallest absolute Gasteiger partial charge is 0.336 e. The zero-order valence-corrected chi connectivity index (χ0v) is 6.84. The monoisotopic (exact) mass is 154 g/mol. The van der Waals surface area contributed by atoms with Gasteiger partial charge in [-0.2, -0.15) is 0 Å². The van der Waals surface area contributed by atoms with Crippen LogP contribution in [-0.4, -0.2) is 11.1 Å². The summed E-state index contributed by atoms with van der Waals surface area (Å²) < 4.78 is 0. The molecule has 0 aromatic rings. The van der Waals surface area contributed by atoms with Gasteiger partial charge in [0.05, 0.1) is 6.08 Å². The van der Waals surface area contributed by atoms with Gasteiger partial charge in [-0.3, -0.25) is 0 Å². The standard InChI is InChI=1S/C9H14O2/c1-2-3-4-5-6-7-8-9(10)11/h6,8H,2-5H2,1H3,(H,10,11). The fourth-order valence-corrected chi connectivity index (χ4v) is 0.710. The lowest BCUT2D eigenvalue weighted by molar-refractivity contribution is -0.131. The van der Waals surface area contributed by atoms with Gasteiger partial charge in [-0.05, 0) is 18.9 Å². The summed E-state index contributed by atoms with van der Waals surface area (Å²) in [5, 5.41) is 8.18. The lowest BCUT2D eigenvalue weighted by Gasteiger charge is -1.88. The molecule has 0 fully saturated rings. The fourth-order valence-electron chi connectivity index (χ4n) is 0.710. The molecule has 0 spiro atoms. The van der Waals surface area contributed by atoms with Gasteiger partial charge in [-0.15, -0.1) is 5.73 Å². The average Bonchev–Trinajstić information content (AvgIpc) is 1.96. The number of aliphatic carboxylic acids is 1. The van der Waals surface area contributed by atoms with E-state index in [-0.39, 0.29) is 0 Å². The minimum Gasteiger partial charge on any atom is -0.478 e. The van der Waals surface area contributed by atoms with Crippen LogP contribution < -0.4 is 0 Å². The van der Waals surface area contributed by atoms with Crippen molar-refractivity contribution in [1.29, 1.82) is 0 Å². The summed E-state index contributed by atoms with van der Waals surface area (Å²) in [6.45, 7) is 2.14. The molecule has 0 unspecified atom stereocenters. The second-order valence-corrected chi connectivity index (χ2v) is 2.35. The van der Waals surface area contributed by atoms with Gasteiger partial charge in [0.25, 0.3) is 0 Å². The van der Waals surface area contributed by atoms with E-state index in [0.29, 0.717) is 0 Å². The summed E-state index contributed by atoms with van der Waals surface area (Å²) in [7, 11) is 0. The van der Waals surface area contributed by atoms with Crippen molar-refractivity contribution in [2.75, 3.05) is 0 Å². The van der Waals surface area contributed by atoms with E-state index in [1.54, 1.807) is 6.08 Å². The highest BCUT2D eigenvalue weighted by Crippen LogP contribution is 1.98. The van der Waals surface area contributed by atoms with E-state index in [1.807, 2.05) is 0 Å². The van der Waals surface area contributed by atoms with E-state index in [2.05, 4.69) is 12.7 Å². The van der Waals surface area contributed by atoms with Gasteiger partial charge < -0.3 is 5.11 Å². The van der Waals surface area contributed by atoms with Crippen LogP contribution in [0.5, 0.6) is 0 Å². The zero-order valence-electron chi connectivity index (χ0n) is 6.84. The normalized spacial score (nSPS) is 8.45. The predicted octanol–water partition coefficient (Wildman–Crippen LogP) is 2.36. The van der Waals surface area contributed by atoms with Crippen LogP contribution in [0.1, 0.15) is 32.6 Å². The first-order valence-electron chi connectivity index (χ1n) is 3.91. The Bertz CT molecular complexity index is 164. The van der Waals surface area contributed by atoms with Crippen LogP contribution in [0.15, 0.2) is 17.9 Å². The summed E-state index contributed by atoms with van der Waals surface area (Å²) >= 11 is 0. The Morgan fingerprint density at radius 2 is 2.27 bits per heavy atom. The van der Waals surface area contributed by atoms with Gasteiger partial charge in [0.1, 0.15) is 0 Å². The molecule has 0 atom stereocenters. The molecule has 0 radical (unpaired) electrons. The second kappa shape index (κ2) is 7.10. The topological polar surface area (TPSA) is 37.3 Å². The fraction of sp³-hybridized carbons (Fsp3) is 0.556. The highest BCUT2D eigenvalue weighted by molar-refractivity contribution is 5.79. The van der Waals surface area contributed by atoms with E-state index in [9.17, 15) is 4.79 Å². The van der Waals surface area contributed by atoms with E-state index in [0.717, 1.165) is 18.9 Å². The van der Waals surface area contributed by atoms with Crippen LogP contribution in [0.4, 0.5) is 0 Å². The van der Waals surface area contributed by atoms with E-state index in [4.69, 9.17) is 5.11 Å². The van der Waals surface area contributed by atoms with Crippen LogP contribution in [0.2, 0.25) is 0 Å². The quantitative estimate of drug-likeness (QED) is 0.375. The first-order chi connectivity index (χ1) is 5.27. The van der Waals surface area contributed by atoms with Crippen molar-refractivity contribution >= 4 is 5.97 Å². The van der Waals surface area contributed by atoms with Crippen molar-refractivity contribution in [2.45, 2.75) is 32.6 Å². The number of carboxylic acid groups (broad SMARTS) is 1. The van der Waals surface area contributed by atoms with E-state index >= 15 is 0 Å². The molecule has 0 aliphatic heterocycles. The minimum atomic E-state index is -0.934. The van der Waals surface area contributed by atoms with Crippen LogP contribution in [0.25, 0.3) is 0 Å². The first-order valence-corrected chi connectivity index (χ1v) is 3.91. The van der Waals surface area contributed by atoms with Gasteiger partial charge in [-0.25, -0.2) is 4.79 Å². The molecule has 0 amide bonds. The highest BCUT2D eigenvalue weighted by Gasteiger charge is 1.81. The lowest BCUT2D eigenvalue weighted by Crippen LogP contribution is -1.83. The zero-order chi connectivity index (χ0) is 8.53. The van der Waals surface area contributed by atoms with E-state index < -0.39 is 5.97 Å². The molecule has 0 aliphatic carbocycles. The maximum atomic E-state index is 9.95. The molecule has 0 rings (SSSR count). The summed E-state index contributed by atoms with van der Waals surface area (Å²) in [5.41, 5.74) is 2.59. The molecule has 0 aliphatic rings.